The molecule has 138 valence electrons. The van der Waals surface area contributed by atoms with Crippen molar-refractivity contribution in [2.24, 2.45) is 0 Å². The number of benzene rings is 1. The maximum Gasteiger partial charge on any atom is 0.348 e. The van der Waals surface area contributed by atoms with Crippen molar-refractivity contribution in [1.29, 1.82) is 0 Å². The van der Waals surface area contributed by atoms with Gasteiger partial charge in [0.05, 0.1) is 6.61 Å². The molecule has 0 saturated heterocycles. The fourth-order valence-corrected chi connectivity index (χ4v) is 4.65. The lowest BCUT2D eigenvalue weighted by molar-refractivity contribution is 0.0532. The Kier molecular flexibility index (Phi) is 4.71. The summed E-state index contributed by atoms with van der Waals surface area (Å²) in [6, 6.07) is 7.06. The first-order valence-electron chi connectivity index (χ1n) is 8.31. The fourth-order valence-electron chi connectivity index (χ4n) is 2.80. The Morgan fingerprint density at radius 1 is 1.33 bits per heavy atom. The molecule has 0 atom stereocenters. The minimum absolute atomic E-state index is 0.0129. The third kappa shape index (κ3) is 3.35. The van der Waals surface area contributed by atoms with Crippen LogP contribution in [-0.2, 0) is 11.3 Å². The number of nitrogens with one attached hydrogen (secondary N) is 1. The monoisotopic (exact) mass is 401 g/mol. The predicted octanol–water partition coefficient (Wildman–Crippen LogP) is 2.99. The second kappa shape index (κ2) is 7.16. The number of hydrogen-bond acceptors (Lipinski definition) is 7. The topological polar surface area (TPSA) is 90.3 Å². The number of thiophene rings is 1. The van der Waals surface area contributed by atoms with Crippen molar-refractivity contribution in [2.75, 3.05) is 17.7 Å². The van der Waals surface area contributed by atoms with Crippen molar-refractivity contribution >= 4 is 50.7 Å². The molecular formula is C18H15N3O4S2. The van der Waals surface area contributed by atoms with Gasteiger partial charge in [0.25, 0.3) is 11.5 Å². The maximum atomic E-state index is 12.5. The molecule has 1 aliphatic rings. The molecule has 0 fully saturated rings. The normalized spacial score (nSPS) is 12.8. The molecule has 1 amide bonds. The quantitative estimate of drug-likeness (QED) is 0.534. The first kappa shape index (κ1) is 17.7. The Bertz CT molecular complexity index is 1120. The second-order valence-electron chi connectivity index (χ2n) is 5.80. The molecule has 2 aromatic heterocycles. The summed E-state index contributed by atoms with van der Waals surface area (Å²) in [4.78, 5) is 41.5. The van der Waals surface area contributed by atoms with Crippen LogP contribution >= 0.6 is 23.1 Å². The van der Waals surface area contributed by atoms with Crippen LogP contribution in [0.5, 0.6) is 0 Å². The standard InChI is InChI=1S/C18H15N3O4S2/c1-2-25-17(24)14-8-10-7-11(3-4-13(10)27-14)20-15(22)12-9-19-18-21(16(12)23)5-6-26-18/h3-4,7-9H,2,5-6H2,1H3,(H,20,22). The number of aromatic nitrogens is 2. The van der Waals surface area contributed by atoms with Gasteiger partial charge in [-0.05, 0) is 36.6 Å². The van der Waals surface area contributed by atoms with Gasteiger partial charge in [-0.25, -0.2) is 9.78 Å². The summed E-state index contributed by atoms with van der Waals surface area (Å²) >= 11 is 2.83. The van der Waals surface area contributed by atoms with Crippen molar-refractivity contribution in [1.82, 2.24) is 9.55 Å². The lowest BCUT2D eigenvalue weighted by Gasteiger charge is -2.07. The Morgan fingerprint density at radius 2 is 2.19 bits per heavy atom. The number of ether oxygens (including phenoxy) is 1. The smallest absolute Gasteiger partial charge is 0.348 e. The molecule has 9 heteroatoms. The van der Waals surface area contributed by atoms with E-state index in [0.717, 1.165) is 15.8 Å². The molecule has 1 N–H and O–H groups in total. The van der Waals surface area contributed by atoms with E-state index in [2.05, 4.69) is 10.3 Å². The van der Waals surface area contributed by atoms with Gasteiger partial charge in [-0.15, -0.1) is 11.3 Å². The first-order chi connectivity index (χ1) is 13.1. The lowest BCUT2D eigenvalue weighted by atomic mass is 10.2. The van der Waals surface area contributed by atoms with Gasteiger partial charge in [0.2, 0.25) is 0 Å². The van der Waals surface area contributed by atoms with Gasteiger partial charge in [0, 0.05) is 28.9 Å². The summed E-state index contributed by atoms with van der Waals surface area (Å²) in [6.07, 6.45) is 1.32. The summed E-state index contributed by atoms with van der Waals surface area (Å²) in [7, 11) is 0. The predicted molar refractivity (Wildman–Crippen MR) is 105 cm³/mol. The van der Waals surface area contributed by atoms with Gasteiger partial charge in [-0.3, -0.25) is 14.2 Å². The Balaban J connectivity index is 1.59. The van der Waals surface area contributed by atoms with Crippen LogP contribution in [-0.4, -0.2) is 33.8 Å². The number of amides is 1. The molecule has 1 aromatic carbocycles. The third-order valence-electron chi connectivity index (χ3n) is 4.05. The highest BCUT2D eigenvalue weighted by molar-refractivity contribution is 7.99. The summed E-state index contributed by atoms with van der Waals surface area (Å²) in [5.41, 5.74) is 0.225. The van der Waals surface area contributed by atoms with Gasteiger partial charge in [-0.2, -0.15) is 0 Å². The van der Waals surface area contributed by atoms with Crippen molar-refractivity contribution in [3.05, 3.63) is 51.3 Å². The van der Waals surface area contributed by atoms with Crippen LogP contribution in [0.1, 0.15) is 27.0 Å². The molecule has 0 unspecified atom stereocenters. The van der Waals surface area contributed by atoms with Gasteiger partial charge in [-0.1, -0.05) is 11.8 Å². The van der Waals surface area contributed by atoms with Crippen molar-refractivity contribution < 1.29 is 14.3 Å². The highest BCUT2D eigenvalue weighted by atomic mass is 32.2. The van der Waals surface area contributed by atoms with Crippen LogP contribution in [0, 0.1) is 0 Å². The zero-order valence-electron chi connectivity index (χ0n) is 14.4. The van der Waals surface area contributed by atoms with Gasteiger partial charge >= 0.3 is 5.97 Å². The second-order valence-corrected chi connectivity index (χ2v) is 7.94. The van der Waals surface area contributed by atoms with E-state index in [1.165, 1.54) is 33.9 Å². The minimum atomic E-state index is -0.500. The van der Waals surface area contributed by atoms with E-state index in [0.29, 0.717) is 28.9 Å². The molecular weight excluding hydrogens is 386 g/mol. The van der Waals surface area contributed by atoms with E-state index in [9.17, 15) is 14.4 Å². The summed E-state index contributed by atoms with van der Waals surface area (Å²) in [6.45, 7) is 2.63. The number of esters is 1. The van der Waals surface area contributed by atoms with E-state index in [1.54, 1.807) is 25.1 Å². The number of anilines is 1. The Labute approximate surface area is 162 Å². The number of hydrogen-bond donors (Lipinski definition) is 1. The average Bonchev–Trinajstić information content (AvgIpc) is 3.28. The van der Waals surface area contributed by atoms with Crippen LogP contribution in [0.25, 0.3) is 10.1 Å². The molecule has 0 saturated carbocycles. The van der Waals surface area contributed by atoms with E-state index >= 15 is 0 Å². The molecule has 0 aliphatic carbocycles. The van der Waals surface area contributed by atoms with E-state index in [-0.39, 0.29) is 17.1 Å². The van der Waals surface area contributed by atoms with E-state index < -0.39 is 5.91 Å². The van der Waals surface area contributed by atoms with Gasteiger partial charge < -0.3 is 10.1 Å². The molecule has 0 radical (unpaired) electrons. The largest absolute Gasteiger partial charge is 0.462 e. The zero-order valence-corrected chi connectivity index (χ0v) is 16.0. The Morgan fingerprint density at radius 3 is 3.00 bits per heavy atom. The summed E-state index contributed by atoms with van der Waals surface area (Å²) in [5, 5.41) is 4.20. The number of rotatable bonds is 4. The number of carbonyl (C=O) groups is 2. The molecule has 0 bridgehead atoms. The zero-order chi connectivity index (χ0) is 19.0. The number of nitrogens with zero attached hydrogens (tertiary/aromatic N) is 2. The lowest BCUT2D eigenvalue weighted by Crippen LogP contribution is -2.29. The fraction of sp³-hybridized carbons (Fsp3) is 0.222. The number of fused-ring (bicyclic) bond motifs is 2. The third-order valence-corrected chi connectivity index (χ3v) is 6.12. The van der Waals surface area contributed by atoms with Crippen LogP contribution in [0.2, 0.25) is 0 Å². The van der Waals surface area contributed by atoms with Gasteiger partial charge in [0.1, 0.15) is 10.4 Å². The first-order valence-corrected chi connectivity index (χ1v) is 10.1. The van der Waals surface area contributed by atoms with Crippen LogP contribution < -0.4 is 10.9 Å². The molecule has 4 rings (SSSR count). The van der Waals surface area contributed by atoms with Crippen molar-refractivity contribution in [2.45, 2.75) is 18.6 Å². The summed E-state index contributed by atoms with van der Waals surface area (Å²) < 4.78 is 7.45. The van der Waals surface area contributed by atoms with Crippen molar-refractivity contribution in [3.63, 3.8) is 0 Å². The Hall–Kier alpha value is -2.65. The van der Waals surface area contributed by atoms with Crippen molar-refractivity contribution in [3.8, 4) is 0 Å². The SMILES string of the molecule is CCOC(=O)c1cc2cc(NC(=O)c3cnc4n(c3=O)CCS4)ccc2s1. The maximum absolute atomic E-state index is 12.5. The molecule has 1 aliphatic heterocycles. The van der Waals surface area contributed by atoms with Crippen LogP contribution in [0.4, 0.5) is 5.69 Å². The average molecular weight is 401 g/mol. The van der Waals surface area contributed by atoms with E-state index in [1.807, 2.05) is 6.07 Å². The number of carbonyl (C=O) groups excluding carboxylic acids is 2. The molecule has 3 heterocycles. The van der Waals surface area contributed by atoms with Crippen LogP contribution in [0.3, 0.4) is 0 Å². The number of thioether (sulfide) groups is 1. The summed E-state index contributed by atoms with van der Waals surface area (Å²) in [5.74, 6) is -0.0791. The van der Waals surface area contributed by atoms with E-state index in [4.69, 9.17) is 4.74 Å². The van der Waals surface area contributed by atoms with Crippen LogP contribution in [0.15, 0.2) is 40.4 Å². The highest BCUT2D eigenvalue weighted by Gasteiger charge is 2.20. The van der Waals surface area contributed by atoms with Gasteiger partial charge in [0.15, 0.2) is 5.16 Å². The highest BCUT2D eigenvalue weighted by Crippen LogP contribution is 2.29. The molecule has 3 aromatic rings. The molecule has 0 spiro atoms. The molecule has 7 nitrogen and oxygen atoms in total. The molecule has 27 heavy (non-hydrogen) atoms. The minimum Gasteiger partial charge on any atom is -0.462 e.